The third-order valence-corrected chi connectivity index (χ3v) is 3.67. The van der Waals surface area contributed by atoms with Crippen LogP contribution < -0.4 is 5.73 Å². The maximum absolute atomic E-state index is 12.2. The Bertz CT molecular complexity index is 549. The highest BCUT2D eigenvalue weighted by molar-refractivity contribution is 7.90. The van der Waals surface area contributed by atoms with Crippen LogP contribution in [-0.2, 0) is 16.4 Å². The summed E-state index contributed by atoms with van der Waals surface area (Å²) in [6, 6.07) is 1.62. The van der Waals surface area contributed by atoms with Gasteiger partial charge in [-0.2, -0.15) is 0 Å². The molecule has 0 aliphatic heterocycles. The summed E-state index contributed by atoms with van der Waals surface area (Å²) in [7, 11) is -1.49. The lowest BCUT2D eigenvalue weighted by atomic mass is 10.3. The van der Waals surface area contributed by atoms with Gasteiger partial charge in [0, 0.05) is 32.6 Å². The van der Waals surface area contributed by atoms with Crippen LogP contribution in [0.3, 0.4) is 0 Å². The van der Waals surface area contributed by atoms with Gasteiger partial charge in [-0.15, -0.1) is 0 Å². The predicted molar refractivity (Wildman–Crippen MR) is 75.8 cm³/mol. The van der Waals surface area contributed by atoms with Crippen LogP contribution in [0, 0.1) is 0 Å². The molecule has 1 aromatic heterocycles. The lowest BCUT2D eigenvalue weighted by molar-refractivity contribution is 0.0792. The fraction of sp³-hybridized carbons (Fsp3) is 0.583. The first-order chi connectivity index (χ1) is 8.74. The molecule has 1 amide bonds. The fourth-order valence-electron chi connectivity index (χ4n) is 1.74. The Kier molecular flexibility index (Phi) is 4.99. The van der Waals surface area contributed by atoms with Crippen LogP contribution in [0.15, 0.2) is 12.3 Å². The first-order valence-electron chi connectivity index (χ1n) is 6.13. The lowest BCUT2D eigenvalue weighted by Gasteiger charge is -2.17. The third kappa shape index (κ3) is 4.59. The monoisotopic (exact) mass is 287 g/mol. The molecule has 0 spiro atoms. The van der Waals surface area contributed by atoms with E-state index in [2.05, 4.69) is 0 Å². The van der Waals surface area contributed by atoms with Gasteiger partial charge in [-0.3, -0.25) is 4.79 Å². The number of anilines is 1. The smallest absolute Gasteiger partial charge is 0.270 e. The van der Waals surface area contributed by atoms with Crippen molar-refractivity contribution < 1.29 is 13.2 Å². The number of carbonyl (C=O) groups is 1. The molecule has 0 atom stereocenters. The normalized spacial score (nSPS) is 11.5. The van der Waals surface area contributed by atoms with Gasteiger partial charge in [-0.1, -0.05) is 6.92 Å². The predicted octanol–water partition coefficient (Wildman–Crippen LogP) is 0.597. The van der Waals surface area contributed by atoms with Gasteiger partial charge in [0.25, 0.3) is 5.91 Å². The highest BCUT2D eigenvalue weighted by Crippen LogP contribution is 2.13. The zero-order valence-electron chi connectivity index (χ0n) is 11.6. The second-order valence-corrected chi connectivity index (χ2v) is 6.97. The van der Waals surface area contributed by atoms with E-state index in [1.807, 2.05) is 6.92 Å². The molecule has 0 bridgehead atoms. The van der Waals surface area contributed by atoms with Crippen molar-refractivity contribution in [3.05, 3.63) is 18.0 Å². The molecule has 2 N–H and O–H groups in total. The van der Waals surface area contributed by atoms with E-state index in [1.165, 1.54) is 4.90 Å². The number of nitrogens with zero attached hydrogens (tertiary/aromatic N) is 2. The van der Waals surface area contributed by atoms with Crippen LogP contribution in [0.5, 0.6) is 0 Å². The molecule has 0 aromatic carbocycles. The average molecular weight is 287 g/mol. The SMILES string of the molecule is CCCn1cc(N)cc1C(=O)N(C)CCS(C)(=O)=O. The van der Waals surface area contributed by atoms with Gasteiger partial charge >= 0.3 is 0 Å². The van der Waals surface area contributed by atoms with Crippen LogP contribution >= 0.6 is 0 Å². The van der Waals surface area contributed by atoms with E-state index in [4.69, 9.17) is 5.73 Å². The number of nitrogen functional groups attached to an aromatic ring is 1. The molecular formula is C12H21N3O3S. The highest BCUT2D eigenvalue weighted by Gasteiger charge is 2.17. The van der Waals surface area contributed by atoms with E-state index in [9.17, 15) is 13.2 Å². The van der Waals surface area contributed by atoms with E-state index >= 15 is 0 Å². The Morgan fingerprint density at radius 1 is 1.47 bits per heavy atom. The summed E-state index contributed by atoms with van der Waals surface area (Å²) in [5.41, 5.74) is 6.73. The van der Waals surface area contributed by atoms with E-state index in [0.717, 1.165) is 12.7 Å². The molecular weight excluding hydrogens is 266 g/mol. The van der Waals surface area contributed by atoms with Crippen molar-refractivity contribution in [3.8, 4) is 0 Å². The van der Waals surface area contributed by atoms with Gasteiger partial charge in [-0.25, -0.2) is 8.42 Å². The summed E-state index contributed by atoms with van der Waals surface area (Å²) in [5.74, 6) is -0.257. The molecule has 0 radical (unpaired) electrons. The van der Waals surface area contributed by atoms with Crippen molar-refractivity contribution in [3.63, 3.8) is 0 Å². The van der Waals surface area contributed by atoms with Crippen molar-refractivity contribution in [1.82, 2.24) is 9.47 Å². The topological polar surface area (TPSA) is 85.4 Å². The minimum absolute atomic E-state index is 0.0425. The minimum Gasteiger partial charge on any atom is -0.397 e. The number of hydrogen-bond acceptors (Lipinski definition) is 4. The summed E-state index contributed by atoms with van der Waals surface area (Å²) < 4.78 is 24.0. The lowest BCUT2D eigenvalue weighted by Crippen LogP contribution is -2.32. The minimum atomic E-state index is -3.08. The maximum Gasteiger partial charge on any atom is 0.270 e. The Balaban J connectivity index is 2.81. The third-order valence-electron chi connectivity index (χ3n) is 2.75. The summed E-state index contributed by atoms with van der Waals surface area (Å²) >= 11 is 0. The number of amides is 1. The Labute approximate surface area is 114 Å². The molecule has 0 unspecified atom stereocenters. The first-order valence-corrected chi connectivity index (χ1v) is 8.19. The van der Waals surface area contributed by atoms with Gasteiger partial charge in [0.05, 0.1) is 11.4 Å². The second-order valence-electron chi connectivity index (χ2n) is 4.71. The van der Waals surface area contributed by atoms with Crippen molar-refractivity contribution in [1.29, 1.82) is 0 Å². The summed E-state index contributed by atoms with van der Waals surface area (Å²) in [5, 5.41) is 0. The number of hydrogen-bond donors (Lipinski definition) is 1. The van der Waals surface area contributed by atoms with Gasteiger partial charge in [-0.05, 0) is 12.5 Å². The van der Waals surface area contributed by atoms with Crippen molar-refractivity contribution in [2.45, 2.75) is 19.9 Å². The Morgan fingerprint density at radius 2 is 2.11 bits per heavy atom. The van der Waals surface area contributed by atoms with Crippen LogP contribution in [-0.4, -0.2) is 49.4 Å². The second kappa shape index (κ2) is 6.10. The summed E-state index contributed by atoms with van der Waals surface area (Å²) in [6.45, 7) is 2.89. The number of nitrogens with two attached hydrogens (primary N) is 1. The molecule has 0 saturated heterocycles. The quantitative estimate of drug-likeness (QED) is 0.830. The highest BCUT2D eigenvalue weighted by atomic mass is 32.2. The molecule has 1 aromatic rings. The van der Waals surface area contributed by atoms with Crippen LogP contribution in [0.4, 0.5) is 5.69 Å². The first kappa shape index (κ1) is 15.6. The molecule has 6 nitrogen and oxygen atoms in total. The van der Waals surface area contributed by atoms with Crippen LogP contribution in [0.2, 0.25) is 0 Å². The number of aryl methyl sites for hydroxylation is 1. The summed E-state index contributed by atoms with van der Waals surface area (Å²) in [4.78, 5) is 13.6. The Hall–Kier alpha value is -1.50. The zero-order chi connectivity index (χ0) is 14.6. The van der Waals surface area contributed by atoms with Crippen LogP contribution in [0.1, 0.15) is 23.8 Å². The molecule has 0 saturated carbocycles. The van der Waals surface area contributed by atoms with E-state index in [0.29, 0.717) is 17.9 Å². The molecule has 1 heterocycles. The van der Waals surface area contributed by atoms with E-state index in [-0.39, 0.29) is 18.2 Å². The fourth-order valence-corrected chi connectivity index (χ4v) is 2.34. The van der Waals surface area contributed by atoms with Gasteiger partial charge in [0.2, 0.25) is 0 Å². The van der Waals surface area contributed by atoms with Gasteiger partial charge < -0.3 is 15.2 Å². The van der Waals surface area contributed by atoms with Crippen molar-refractivity contribution in [2.24, 2.45) is 0 Å². The largest absolute Gasteiger partial charge is 0.397 e. The van der Waals surface area contributed by atoms with E-state index in [1.54, 1.807) is 23.9 Å². The molecule has 7 heteroatoms. The molecule has 0 fully saturated rings. The van der Waals surface area contributed by atoms with Gasteiger partial charge in [0.15, 0.2) is 0 Å². The molecule has 19 heavy (non-hydrogen) atoms. The maximum atomic E-state index is 12.2. The van der Waals surface area contributed by atoms with Gasteiger partial charge in [0.1, 0.15) is 15.5 Å². The Morgan fingerprint density at radius 3 is 2.63 bits per heavy atom. The number of carbonyl (C=O) groups excluding carboxylic acids is 1. The molecule has 0 aliphatic rings. The molecule has 108 valence electrons. The zero-order valence-corrected chi connectivity index (χ0v) is 12.4. The van der Waals surface area contributed by atoms with Crippen LogP contribution in [0.25, 0.3) is 0 Å². The average Bonchev–Trinajstić information content (AvgIpc) is 2.66. The number of rotatable bonds is 6. The van der Waals surface area contributed by atoms with Crippen molar-refractivity contribution >= 4 is 21.4 Å². The standard InChI is InChI=1S/C12H21N3O3S/c1-4-5-15-9-10(13)8-11(15)12(16)14(2)6-7-19(3,17)18/h8-9H,4-7,13H2,1-3H3. The van der Waals surface area contributed by atoms with Crippen molar-refractivity contribution in [2.75, 3.05) is 31.3 Å². The number of sulfone groups is 1. The molecule has 0 aliphatic carbocycles. The van der Waals surface area contributed by atoms with E-state index < -0.39 is 9.84 Å². The summed E-state index contributed by atoms with van der Waals surface area (Å²) in [6.07, 6.45) is 3.77. The number of aromatic nitrogens is 1. The molecule has 1 rings (SSSR count).